The number of carbonyl (C=O) groups is 1. The average Bonchev–Trinajstić information content (AvgIpc) is 0.784. The van der Waals surface area contributed by atoms with Crippen LogP contribution in [-0.4, -0.2) is 329 Å². The Morgan fingerprint density at radius 3 is 1.73 bits per heavy atom. The van der Waals surface area contributed by atoms with Crippen LogP contribution in [0.4, 0.5) is 0 Å². The number of ether oxygens (including phenoxy) is 14. The van der Waals surface area contributed by atoms with E-state index in [2.05, 4.69) is 27.4 Å². The zero-order valence-electron chi connectivity index (χ0n) is 53.3. The second kappa shape index (κ2) is 29.3. The molecule has 0 aromatic heterocycles. The Balaban J connectivity index is 0.789. The van der Waals surface area contributed by atoms with Crippen LogP contribution in [0.3, 0.4) is 0 Å². The summed E-state index contributed by atoms with van der Waals surface area (Å²) in [5, 5.41) is 183. The van der Waals surface area contributed by atoms with Gasteiger partial charge in [0.25, 0.3) is 0 Å². The van der Waals surface area contributed by atoms with Crippen LogP contribution in [0, 0.1) is 46.3 Å². The first-order valence-electron chi connectivity index (χ1n) is 33.1. The summed E-state index contributed by atoms with van der Waals surface area (Å²) < 4.78 is 85.3. The van der Waals surface area contributed by atoms with E-state index in [9.17, 15) is 91.6 Å². The van der Waals surface area contributed by atoms with Crippen molar-refractivity contribution < 1.29 is 158 Å². The van der Waals surface area contributed by atoms with Gasteiger partial charge in [-0.25, -0.2) is 0 Å². The topological polar surface area (TPSA) is 490 Å². The summed E-state index contributed by atoms with van der Waals surface area (Å²) in [5.74, 6) is -0.510. The van der Waals surface area contributed by atoms with Gasteiger partial charge < -0.3 is 153 Å². The number of Topliss-reactive ketones (excluding diaryl/α,β-unsaturated/α-hetero) is 1. The molecule has 0 spiro atoms. The molecule has 7 aliphatic heterocycles. The van der Waals surface area contributed by atoms with E-state index in [1.165, 1.54) is 6.92 Å². The van der Waals surface area contributed by atoms with Crippen LogP contribution in [0.15, 0.2) is 12.2 Å². The van der Waals surface area contributed by atoms with E-state index in [0.717, 1.165) is 32.1 Å². The maximum Gasteiger partial charge on any atom is 0.187 e. The number of hydrogen-bond acceptors (Lipinski definition) is 32. The summed E-state index contributed by atoms with van der Waals surface area (Å²) in [6, 6.07) is 0. The van der Waals surface area contributed by atoms with Crippen molar-refractivity contribution in [3.8, 4) is 0 Å². The smallest absolute Gasteiger partial charge is 0.187 e. The number of methoxy groups -OCH3 is 1. The molecule has 540 valence electrons. The van der Waals surface area contributed by atoms with Crippen molar-refractivity contribution in [3.63, 3.8) is 0 Å². The van der Waals surface area contributed by atoms with Crippen LogP contribution in [0.25, 0.3) is 0 Å². The summed E-state index contributed by atoms with van der Waals surface area (Å²) in [6.07, 6.45) is -44.5. The van der Waals surface area contributed by atoms with Gasteiger partial charge in [0.2, 0.25) is 0 Å². The van der Waals surface area contributed by atoms with Gasteiger partial charge >= 0.3 is 0 Å². The molecule has 94 heavy (non-hydrogen) atoms. The van der Waals surface area contributed by atoms with Crippen LogP contribution < -0.4 is 0 Å². The first-order chi connectivity index (χ1) is 44.5. The van der Waals surface area contributed by atoms with Crippen molar-refractivity contribution in [2.24, 2.45) is 46.3 Å². The van der Waals surface area contributed by atoms with Crippen molar-refractivity contribution in [2.45, 2.75) is 276 Å². The number of carbonyl (C=O) groups excluding carboxylic acids is 1. The molecule has 0 amide bonds. The number of ketones is 1. The van der Waals surface area contributed by atoms with Crippen LogP contribution in [0.1, 0.15) is 85.5 Å². The minimum absolute atomic E-state index is 0.0380. The summed E-state index contributed by atoms with van der Waals surface area (Å²) in [7, 11) is 1.64. The second-order valence-corrected chi connectivity index (χ2v) is 28.7. The summed E-state index contributed by atoms with van der Waals surface area (Å²) in [6.45, 7) is 8.58. The molecule has 7 saturated heterocycles. The third-order valence-corrected chi connectivity index (χ3v) is 23.4. The van der Waals surface area contributed by atoms with E-state index in [-0.39, 0.29) is 72.3 Å². The van der Waals surface area contributed by atoms with Crippen molar-refractivity contribution in [1.82, 2.24) is 0 Å². The van der Waals surface area contributed by atoms with E-state index in [1.54, 1.807) is 7.11 Å². The fourth-order valence-corrected chi connectivity index (χ4v) is 18.0. The highest BCUT2D eigenvalue weighted by Gasteiger charge is 2.70. The third kappa shape index (κ3) is 13.4. The standard InChI is InChI=1S/C62H100O32/c1-22(19-82-54-47(78)44(75)41(72)34(16-63)87-54)9-12-62(81-6)23(2)37-33(94-62)14-28-26-8-7-25-13-32(29(66)15-61(25,5)27(26)10-11-60(28,37)4)86-58-52(92-57-48(79)43(74)38(69)24(3)85-57)49(80)50(36(18-65)89-58)90-59-53(93-56-46(77)40(71)31(68)21-84-56)51(42(73)35(17-64)88-59)91-55-45(76)39(70)30(67)20-83-55/h23-28,30-59,63-65,67-80H,1,7-21H2,2-6H3/t23?,24-,25-,26+,27-,28-,30+,31-,32?,33?,34+,35+,36+,37?,38-,39-,40-,41+,42+,43+,44-,45+,46+,47+,48+,49-,50-,51-,52+,53+,54+,55-,56-,57-,58+,59-,60-,61-,62+/m0/s1. The molecule has 0 aromatic carbocycles. The number of rotatable bonds is 20. The van der Waals surface area contributed by atoms with Crippen LogP contribution >= 0.6 is 0 Å². The quantitative estimate of drug-likeness (QED) is 0.0398. The van der Waals surface area contributed by atoms with E-state index in [0.29, 0.717) is 18.4 Å². The maximum atomic E-state index is 14.9. The average molecular weight is 1360 g/mol. The molecule has 7 heterocycles. The van der Waals surface area contributed by atoms with Gasteiger partial charge in [0, 0.05) is 25.9 Å². The van der Waals surface area contributed by atoms with Gasteiger partial charge in [0.1, 0.15) is 134 Å². The van der Waals surface area contributed by atoms with Gasteiger partial charge in [0.05, 0.1) is 51.8 Å². The van der Waals surface area contributed by atoms with E-state index < -0.39 is 222 Å². The van der Waals surface area contributed by atoms with Crippen molar-refractivity contribution in [1.29, 1.82) is 0 Å². The highest BCUT2D eigenvalue weighted by atomic mass is 16.8. The molecule has 11 rings (SSSR count). The number of hydrogen-bond donors (Lipinski definition) is 17. The van der Waals surface area contributed by atoms with Gasteiger partial charge in [-0.05, 0) is 92.3 Å². The largest absolute Gasteiger partial charge is 0.394 e. The predicted octanol–water partition coefficient (Wildman–Crippen LogP) is -6.25. The Hall–Kier alpha value is -1.83. The molecule has 11 fully saturated rings. The lowest BCUT2D eigenvalue weighted by molar-refractivity contribution is -0.407. The maximum absolute atomic E-state index is 14.9. The molecule has 32 nitrogen and oxygen atoms in total. The highest BCUT2D eigenvalue weighted by molar-refractivity contribution is 5.84. The Bertz CT molecular complexity index is 2540. The first kappa shape index (κ1) is 73.4. The van der Waals surface area contributed by atoms with Crippen LogP contribution in [0.5, 0.6) is 0 Å². The summed E-state index contributed by atoms with van der Waals surface area (Å²) in [4.78, 5) is 14.9. The molecular weight excluding hydrogens is 1260 g/mol. The second-order valence-electron chi connectivity index (χ2n) is 28.7. The lowest BCUT2D eigenvalue weighted by Gasteiger charge is -2.61. The predicted molar refractivity (Wildman–Crippen MR) is 309 cm³/mol. The molecule has 17 N–H and O–H groups in total. The minimum Gasteiger partial charge on any atom is -0.394 e. The Morgan fingerprint density at radius 1 is 0.543 bits per heavy atom. The molecule has 39 atom stereocenters. The molecule has 4 unspecified atom stereocenters. The Kier molecular flexibility index (Phi) is 22.8. The van der Waals surface area contributed by atoms with Gasteiger partial charge in [0.15, 0.2) is 49.3 Å². The van der Waals surface area contributed by atoms with Crippen LogP contribution in [0.2, 0.25) is 0 Å². The summed E-state index contributed by atoms with van der Waals surface area (Å²) >= 11 is 0. The zero-order chi connectivity index (χ0) is 67.9. The van der Waals surface area contributed by atoms with Gasteiger partial charge in [-0.15, -0.1) is 0 Å². The van der Waals surface area contributed by atoms with Crippen molar-refractivity contribution >= 4 is 5.78 Å². The molecule has 0 radical (unpaired) electrons. The van der Waals surface area contributed by atoms with Gasteiger partial charge in [-0.3, -0.25) is 4.79 Å². The fraction of sp³-hybridized carbons (Fsp3) is 0.952. The Labute approximate surface area is 543 Å². The fourth-order valence-electron chi connectivity index (χ4n) is 18.0. The first-order valence-corrected chi connectivity index (χ1v) is 33.1. The van der Waals surface area contributed by atoms with E-state index >= 15 is 0 Å². The highest BCUT2D eigenvalue weighted by Crippen LogP contribution is 2.71. The van der Waals surface area contributed by atoms with Crippen molar-refractivity contribution in [3.05, 3.63) is 12.2 Å². The number of aliphatic hydroxyl groups is 17. The molecule has 0 bridgehead atoms. The molecule has 0 aromatic rings. The molecule has 11 aliphatic rings. The lowest BCUT2D eigenvalue weighted by atomic mass is 9.44. The monoisotopic (exact) mass is 1360 g/mol. The van der Waals surface area contributed by atoms with Crippen LogP contribution in [-0.2, 0) is 71.1 Å². The molecule has 32 heteroatoms. The van der Waals surface area contributed by atoms with E-state index in [1.807, 2.05) is 0 Å². The van der Waals surface area contributed by atoms with Gasteiger partial charge in [-0.2, -0.15) is 0 Å². The van der Waals surface area contributed by atoms with E-state index in [4.69, 9.17) is 66.3 Å². The third-order valence-electron chi connectivity index (χ3n) is 23.4. The van der Waals surface area contributed by atoms with Crippen molar-refractivity contribution in [2.75, 3.05) is 46.8 Å². The molecule has 4 aliphatic carbocycles. The number of aliphatic hydroxyl groups excluding tert-OH is 17. The number of fused-ring (bicyclic) bond motifs is 7. The SMILES string of the molecule is C=C(CC[C@@]1(OC)OC2C[C@H]3[C@@H]4CC[C@H]5CC(O[C@@H]6O[C@H](CO)[C@H](O[C@@H]7O[C@H](CO)[C@@H](O)[C@H](O[C@@H]8OC[C@@H](O)[C@H](O)[C@H]8O)[C@H]7O[C@@H]7OC[C@H](O)[C@H](O)[C@H]7O)[C@H](O)[C@H]6O[C@@H]6O[C@@H](C)[C@H](O)[C@@H](O)[C@H]6O)C(=O)C[C@]5(C)[C@H]4CC[C@]3(C)C2C1C)CO[C@@H]1O[C@H](CO)[C@@H](O)[C@H](O)[C@H]1O. The lowest BCUT2D eigenvalue weighted by Crippen LogP contribution is -2.69. The van der Waals surface area contributed by atoms with Gasteiger partial charge in [-0.1, -0.05) is 32.9 Å². The normalized spacial score (nSPS) is 54.6. The molecule has 4 saturated carbocycles. The summed E-state index contributed by atoms with van der Waals surface area (Å²) in [5.41, 5.74) is 0.0412. The Morgan fingerprint density at radius 2 is 1.10 bits per heavy atom. The minimum atomic E-state index is -2.07. The zero-order valence-corrected chi connectivity index (χ0v) is 53.3. The molecular formula is C62H100O32.